The molecule has 0 bridgehead atoms. The van der Waals surface area contributed by atoms with Crippen LogP contribution in [0.3, 0.4) is 0 Å². The number of nitrogens with zero attached hydrogens (tertiary/aromatic N) is 3. The predicted octanol–water partition coefficient (Wildman–Crippen LogP) is 2.91. The Kier molecular flexibility index (Phi) is 5.64. The monoisotopic (exact) mass is 405 g/mol. The first kappa shape index (κ1) is 19.8. The van der Waals surface area contributed by atoms with Crippen LogP contribution < -0.4 is 4.74 Å². The molecule has 0 fully saturated rings. The first-order valence-electron chi connectivity index (χ1n) is 8.46. The van der Waals surface area contributed by atoms with Crippen LogP contribution in [0.5, 0.6) is 5.75 Å². The van der Waals surface area contributed by atoms with Gasteiger partial charge in [0, 0.05) is 26.0 Å². The molecule has 0 saturated carbocycles. The fourth-order valence-corrected chi connectivity index (χ4v) is 3.80. The average molecular weight is 405 g/mol. The first-order valence-corrected chi connectivity index (χ1v) is 9.28. The van der Waals surface area contributed by atoms with Gasteiger partial charge in [0.15, 0.2) is 18.2 Å². The van der Waals surface area contributed by atoms with Gasteiger partial charge >= 0.3 is 5.97 Å². The van der Waals surface area contributed by atoms with E-state index in [1.54, 1.807) is 30.9 Å². The van der Waals surface area contributed by atoms with Gasteiger partial charge in [-0.05, 0) is 30.7 Å². The molecule has 0 atom stereocenters. The van der Waals surface area contributed by atoms with Gasteiger partial charge in [-0.1, -0.05) is 6.07 Å². The van der Waals surface area contributed by atoms with E-state index in [4.69, 9.17) is 9.47 Å². The molecular weight excluding hydrogens is 385 g/mol. The smallest absolute Gasteiger partial charge is 0.348 e. The van der Waals surface area contributed by atoms with Crippen molar-refractivity contribution in [1.82, 2.24) is 14.7 Å². The molecule has 1 aromatic carbocycles. The Balaban J connectivity index is 1.58. The van der Waals surface area contributed by atoms with Gasteiger partial charge in [0.1, 0.15) is 9.71 Å². The predicted molar refractivity (Wildman–Crippen MR) is 103 cm³/mol. The Morgan fingerprint density at radius 1 is 1.32 bits per heavy atom. The van der Waals surface area contributed by atoms with Crippen molar-refractivity contribution in [1.29, 1.82) is 0 Å². The summed E-state index contributed by atoms with van der Waals surface area (Å²) < 4.78 is 25.5. The maximum atomic E-state index is 13.8. The fourth-order valence-electron chi connectivity index (χ4n) is 2.78. The minimum Gasteiger partial charge on any atom is -0.494 e. The van der Waals surface area contributed by atoms with Gasteiger partial charge in [-0.2, -0.15) is 5.10 Å². The summed E-state index contributed by atoms with van der Waals surface area (Å²) in [7, 11) is 4.75. The summed E-state index contributed by atoms with van der Waals surface area (Å²) >= 11 is 1.27. The highest BCUT2D eigenvalue weighted by Crippen LogP contribution is 2.28. The second-order valence-electron chi connectivity index (χ2n) is 6.33. The maximum absolute atomic E-state index is 13.8. The summed E-state index contributed by atoms with van der Waals surface area (Å²) in [5, 5.41) is 5.18. The largest absolute Gasteiger partial charge is 0.494 e. The zero-order valence-electron chi connectivity index (χ0n) is 16.0. The van der Waals surface area contributed by atoms with Crippen LogP contribution in [0.25, 0.3) is 10.2 Å². The van der Waals surface area contributed by atoms with Crippen LogP contribution >= 0.6 is 11.3 Å². The average Bonchev–Trinajstić information content (AvgIpc) is 3.21. The Morgan fingerprint density at radius 3 is 2.71 bits per heavy atom. The fraction of sp³-hybridized carbons (Fsp3) is 0.316. The molecule has 3 aromatic rings. The Morgan fingerprint density at radius 2 is 2.07 bits per heavy atom. The molecule has 2 aromatic heterocycles. The highest BCUT2D eigenvalue weighted by atomic mass is 32.1. The molecule has 0 radical (unpaired) electrons. The number of fused-ring (bicyclic) bond motifs is 1. The molecule has 9 heteroatoms. The maximum Gasteiger partial charge on any atom is 0.348 e. The van der Waals surface area contributed by atoms with Gasteiger partial charge in [0.25, 0.3) is 5.91 Å². The Bertz CT molecular complexity index is 1010. The van der Waals surface area contributed by atoms with Crippen molar-refractivity contribution < 1.29 is 23.5 Å². The van der Waals surface area contributed by atoms with E-state index in [9.17, 15) is 14.0 Å². The standard InChI is InChI=1S/C19H20FN3O4S/c1-11-13-8-16(28-18(13)23(3)21-11)19(25)27-10-17(24)22(2)9-12-5-6-15(26-4)14(20)7-12/h5-8H,9-10H2,1-4H3. The number of esters is 1. The third-order valence-electron chi connectivity index (χ3n) is 4.29. The van der Waals surface area contributed by atoms with Gasteiger partial charge < -0.3 is 14.4 Å². The number of likely N-dealkylation sites (N-methyl/N-ethyl adjacent to an activating group) is 1. The number of carbonyl (C=O) groups excluding carboxylic acids is 2. The van der Waals surface area contributed by atoms with Crippen LogP contribution in [0.2, 0.25) is 0 Å². The number of rotatable bonds is 6. The van der Waals surface area contributed by atoms with Crippen molar-refractivity contribution in [2.45, 2.75) is 13.5 Å². The number of aromatic nitrogens is 2. The number of ether oxygens (including phenoxy) is 2. The van der Waals surface area contributed by atoms with Crippen molar-refractivity contribution >= 4 is 33.4 Å². The molecule has 7 nitrogen and oxygen atoms in total. The van der Waals surface area contributed by atoms with Crippen LogP contribution in [0.4, 0.5) is 4.39 Å². The summed E-state index contributed by atoms with van der Waals surface area (Å²) in [6, 6.07) is 6.20. The van der Waals surface area contributed by atoms with E-state index in [0.717, 1.165) is 15.9 Å². The molecule has 0 N–H and O–H groups in total. The summed E-state index contributed by atoms with van der Waals surface area (Å²) in [6.45, 7) is 1.66. The zero-order valence-corrected chi connectivity index (χ0v) is 16.8. The first-order chi connectivity index (χ1) is 13.3. The molecule has 0 aliphatic carbocycles. The molecule has 0 aliphatic heterocycles. The normalized spacial score (nSPS) is 10.9. The highest BCUT2D eigenvalue weighted by Gasteiger charge is 2.18. The number of hydrogen-bond acceptors (Lipinski definition) is 6. The van der Waals surface area contributed by atoms with Crippen molar-refractivity contribution in [3.63, 3.8) is 0 Å². The molecule has 2 heterocycles. The van der Waals surface area contributed by atoms with E-state index in [-0.39, 0.29) is 24.8 Å². The Hall–Kier alpha value is -2.94. The van der Waals surface area contributed by atoms with Crippen molar-refractivity contribution in [2.24, 2.45) is 7.05 Å². The molecule has 1 amide bonds. The third-order valence-corrected chi connectivity index (χ3v) is 5.47. The Labute approximate surface area is 165 Å². The SMILES string of the molecule is COc1ccc(CN(C)C(=O)COC(=O)c2cc3c(C)nn(C)c3s2)cc1F. The van der Waals surface area contributed by atoms with Crippen LogP contribution in [0, 0.1) is 12.7 Å². The number of hydrogen-bond donors (Lipinski definition) is 0. The molecule has 28 heavy (non-hydrogen) atoms. The number of thiophene rings is 1. The van der Waals surface area contributed by atoms with Gasteiger partial charge in [0.2, 0.25) is 0 Å². The molecular formula is C19H20FN3O4S. The van der Waals surface area contributed by atoms with Gasteiger partial charge in [-0.15, -0.1) is 11.3 Å². The molecule has 0 unspecified atom stereocenters. The number of methoxy groups -OCH3 is 1. The van der Waals surface area contributed by atoms with E-state index in [1.807, 2.05) is 6.92 Å². The molecule has 0 aliphatic rings. The van der Waals surface area contributed by atoms with Crippen LogP contribution in [-0.2, 0) is 23.1 Å². The lowest BCUT2D eigenvalue weighted by Crippen LogP contribution is -2.30. The number of carbonyl (C=O) groups is 2. The van der Waals surface area contributed by atoms with Crippen LogP contribution in [0.1, 0.15) is 20.9 Å². The number of benzene rings is 1. The van der Waals surface area contributed by atoms with E-state index < -0.39 is 11.8 Å². The molecule has 0 spiro atoms. The summed E-state index contributed by atoms with van der Waals surface area (Å²) in [5.41, 5.74) is 1.43. The van der Waals surface area contributed by atoms with Gasteiger partial charge in [0.05, 0.1) is 12.8 Å². The number of amides is 1. The molecule has 0 saturated heterocycles. The van der Waals surface area contributed by atoms with E-state index in [0.29, 0.717) is 10.4 Å². The van der Waals surface area contributed by atoms with Crippen molar-refractivity contribution in [3.05, 3.63) is 46.2 Å². The number of halogens is 1. The van der Waals surface area contributed by atoms with E-state index in [1.165, 1.54) is 35.5 Å². The lowest BCUT2D eigenvalue weighted by atomic mass is 10.2. The quantitative estimate of drug-likeness (QED) is 0.590. The topological polar surface area (TPSA) is 73.7 Å². The minimum atomic E-state index is -0.558. The second kappa shape index (κ2) is 7.97. The number of aryl methyl sites for hydroxylation is 2. The summed E-state index contributed by atoms with van der Waals surface area (Å²) in [6.07, 6.45) is 0. The van der Waals surface area contributed by atoms with Crippen molar-refractivity contribution in [3.8, 4) is 5.75 Å². The van der Waals surface area contributed by atoms with E-state index >= 15 is 0 Å². The van der Waals surface area contributed by atoms with Crippen molar-refractivity contribution in [2.75, 3.05) is 20.8 Å². The van der Waals surface area contributed by atoms with Gasteiger partial charge in [-0.3, -0.25) is 9.48 Å². The lowest BCUT2D eigenvalue weighted by Gasteiger charge is -2.17. The van der Waals surface area contributed by atoms with Gasteiger partial charge in [-0.25, -0.2) is 9.18 Å². The zero-order chi connectivity index (χ0) is 20.4. The third kappa shape index (κ3) is 3.99. The molecule has 3 rings (SSSR count). The van der Waals surface area contributed by atoms with Crippen LogP contribution in [-0.4, -0.2) is 47.3 Å². The highest BCUT2D eigenvalue weighted by molar-refractivity contribution is 7.20. The van der Waals surface area contributed by atoms with Crippen LogP contribution in [0.15, 0.2) is 24.3 Å². The minimum absolute atomic E-state index is 0.139. The summed E-state index contributed by atoms with van der Waals surface area (Å²) in [4.78, 5) is 27.2. The second-order valence-corrected chi connectivity index (χ2v) is 7.36. The molecule has 148 valence electrons. The lowest BCUT2D eigenvalue weighted by molar-refractivity contribution is -0.133. The summed E-state index contributed by atoms with van der Waals surface area (Å²) in [5.74, 6) is -1.30. The van der Waals surface area contributed by atoms with E-state index in [2.05, 4.69) is 5.10 Å².